The second-order valence-electron chi connectivity index (χ2n) is 7.19. The SMILES string of the molecule is COc1ccc(C(C)(C)C)cc1NC(=O)C[C@@H]1CCS(=O)(=O)C1. The number of hydrogen-bond donors (Lipinski definition) is 1. The Morgan fingerprint density at radius 1 is 1.35 bits per heavy atom. The third-order valence-corrected chi connectivity index (χ3v) is 5.98. The highest BCUT2D eigenvalue weighted by Crippen LogP contribution is 2.32. The molecule has 0 radical (unpaired) electrons. The lowest BCUT2D eigenvalue weighted by Crippen LogP contribution is -2.19. The van der Waals surface area contributed by atoms with Gasteiger partial charge < -0.3 is 10.1 Å². The molecule has 1 aliphatic heterocycles. The van der Waals surface area contributed by atoms with Gasteiger partial charge in [0.25, 0.3) is 0 Å². The number of nitrogens with one attached hydrogen (secondary N) is 1. The van der Waals surface area contributed by atoms with Crippen molar-refractivity contribution in [3.8, 4) is 5.75 Å². The molecule has 128 valence electrons. The number of rotatable bonds is 4. The normalized spacial score (nSPS) is 20.3. The second-order valence-corrected chi connectivity index (χ2v) is 9.42. The number of sulfone groups is 1. The van der Waals surface area contributed by atoms with Crippen LogP contribution >= 0.6 is 0 Å². The van der Waals surface area contributed by atoms with Gasteiger partial charge in [-0.2, -0.15) is 0 Å². The van der Waals surface area contributed by atoms with E-state index in [0.29, 0.717) is 17.9 Å². The van der Waals surface area contributed by atoms with E-state index in [-0.39, 0.29) is 35.2 Å². The fraction of sp³-hybridized carbons (Fsp3) is 0.588. The number of carbonyl (C=O) groups is 1. The van der Waals surface area contributed by atoms with Gasteiger partial charge in [0.2, 0.25) is 5.91 Å². The van der Waals surface area contributed by atoms with E-state index in [1.165, 1.54) is 0 Å². The summed E-state index contributed by atoms with van der Waals surface area (Å²) in [7, 11) is -1.40. The van der Waals surface area contributed by atoms with Gasteiger partial charge in [0.15, 0.2) is 9.84 Å². The van der Waals surface area contributed by atoms with Crippen LogP contribution < -0.4 is 10.1 Å². The van der Waals surface area contributed by atoms with Crippen LogP contribution in [0.2, 0.25) is 0 Å². The fourth-order valence-corrected chi connectivity index (χ4v) is 4.63. The number of amides is 1. The van der Waals surface area contributed by atoms with E-state index in [4.69, 9.17) is 4.74 Å². The molecule has 1 aromatic carbocycles. The molecule has 5 nitrogen and oxygen atoms in total. The number of methoxy groups -OCH3 is 1. The molecule has 6 heteroatoms. The van der Waals surface area contributed by atoms with Crippen LogP contribution in [0.4, 0.5) is 5.69 Å². The summed E-state index contributed by atoms with van der Waals surface area (Å²) in [4.78, 5) is 12.2. The van der Waals surface area contributed by atoms with Crippen molar-refractivity contribution in [1.29, 1.82) is 0 Å². The quantitative estimate of drug-likeness (QED) is 0.915. The zero-order valence-electron chi connectivity index (χ0n) is 14.2. The van der Waals surface area contributed by atoms with Gasteiger partial charge >= 0.3 is 0 Å². The summed E-state index contributed by atoms with van der Waals surface area (Å²) in [5.41, 5.74) is 1.69. The van der Waals surface area contributed by atoms with Gasteiger partial charge in [-0.25, -0.2) is 8.42 Å². The molecular formula is C17H25NO4S. The Kier molecular flexibility index (Phi) is 5.04. The Morgan fingerprint density at radius 3 is 2.57 bits per heavy atom. The van der Waals surface area contributed by atoms with E-state index in [0.717, 1.165) is 5.56 Å². The van der Waals surface area contributed by atoms with E-state index in [1.54, 1.807) is 7.11 Å². The smallest absolute Gasteiger partial charge is 0.224 e. The molecule has 1 aliphatic rings. The lowest BCUT2D eigenvalue weighted by atomic mass is 9.87. The molecule has 23 heavy (non-hydrogen) atoms. The van der Waals surface area contributed by atoms with Crippen molar-refractivity contribution >= 4 is 21.4 Å². The Hall–Kier alpha value is -1.56. The number of hydrogen-bond acceptors (Lipinski definition) is 4. The minimum atomic E-state index is -2.96. The highest BCUT2D eigenvalue weighted by molar-refractivity contribution is 7.91. The lowest BCUT2D eigenvalue weighted by Gasteiger charge is -2.21. The van der Waals surface area contributed by atoms with E-state index in [1.807, 2.05) is 18.2 Å². The van der Waals surface area contributed by atoms with Crippen LogP contribution in [0.3, 0.4) is 0 Å². The molecule has 1 heterocycles. The molecule has 0 bridgehead atoms. The first-order chi connectivity index (χ1) is 10.6. The molecular weight excluding hydrogens is 314 g/mol. The molecule has 1 aromatic rings. The molecule has 0 aliphatic carbocycles. The topological polar surface area (TPSA) is 72.5 Å². The minimum absolute atomic E-state index is 0.0364. The summed E-state index contributed by atoms with van der Waals surface area (Å²) < 4.78 is 28.3. The van der Waals surface area contributed by atoms with Gasteiger partial charge in [0.1, 0.15) is 5.75 Å². The van der Waals surface area contributed by atoms with Crippen molar-refractivity contribution in [2.75, 3.05) is 23.9 Å². The van der Waals surface area contributed by atoms with Crippen molar-refractivity contribution in [1.82, 2.24) is 0 Å². The average molecular weight is 339 g/mol. The van der Waals surface area contributed by atoms with Crippen LogP contribution in [0.25, 0.3) is 0 Å². The van der Waals surface area contributed by atoms with Crippen molar-refractivity contribution in [3.63, 3.8) is 0 Å². The number of ether oxygens (including phenoxy) is 1. The van der Waals surface area contributed by atoms with Crippen LogP contribution in [0.5, 0.6) is 5.75 Å². The number of carbonyl (C=O) groups excluding carboxylic acids is 1. The van der Waals surface area contributed by atoms with Gasteiger partial charge in [0.05, 0.1) is 24.3 Å². The molecule has 1 atom stereocenters. The van der Waals surface area contributed by atoms with Gasteiger partial charge in [-0.05, 0) is 35.4 Å². The summed E-state index contributed by atoms with van der Waals surface area (Å²) >= 11 is 0. The minimum Gasteiger partial charge on any atom is -0.495 e. The van der Waals surface area contributed by atoms with Gasteiger partial charge in [-0.3, -0.25) is 4.79 Å². The van der Waals surface area contributed by atoms with E-state index in [2.05, 4.69) is 26.1 Å². The molecule has 1 fully saturated rings. The molecule has 0 saturated carbocycles. The highest BCUT2D eigenvalue weighted by atomic mass is 32.2. The molecule has 0 unspecified atom stereocenters. The summed E-state index contributed by atoms with van der Waals surface area (Å²) in [6.07, 6.45) is 0.789. The van der Waals surface area contributed by atoms with Crippen LogP contribution in [0, 0.1) is 5.92 Å². The van der Waals surface area contributed by atoms with Crippen molar-refractivity contribution in [2.45, 2.75) is 39.0 Å². The Morgan fingerprint density at radius 2 is 2.04 bits per heavy atom. The fourth-order valence-electron chi connectivity index (χ4n) is 2.77. The molecule has 0 aromatic heterocycles. The standard InChI is InChI=1S/C17H25NO4S/c1-17(2,3)13-5-6-15(22-4)14(10-13)18-16(19)9-12-7-8-23(20,21)11-12/h5-6,10,12H,7-9,11H2,1-4H3,(H,18,19)/t12-/m0/s1. The summed E-state index contributed by atoms with van der Waals surface area (Å²) in [6.45, 7) is 6.30. The third kappa shape index (κ3) is 4.70. The van der Waals surface area contributed by atoms with E-state index in [9.17, 15) is 13.2 Å². The molecule has 1 N–H and O–H groups in total. The predicted octanol–water partition coefficient (Wildman–Crippen LogP) is 2.76. The number of anilines is 1. The van der Waals surface area contributed by atoms with Crippen LogP contribution in [-0.2, 0) is 20.0 Å². The summed E-state index contributed by atoms with van der Waals surface area (Å²) in [5, 5.41) is 2.87. The third-order valence-electron chi connectivity index (χ3n) is 4.14. The monoisotopic (exact) mass is 339 g/mol. The van der Waals surface area contributed by atoms with Crippen molar-refractivity contribution in [2.24, 2.45) is 5.92 Å². The van der Waals surface area contributed by atoms with Gasteiger partial charge in [-0.15, -0.1) is 0 Å². The zero-order chi connectivity index (χ0) is 17.3. The molecule has 0 spiro atoms. The van der Waals surface area contributed by atoms with Crippen molar-refractivity contribution < 1.29 is 17.9 Å². The molecule has 1 saturated heterocycles. The Labute approximate surface area is 138 Å². The van der Waals surface area contributed by atoms with Gasteiger partial charge in [-0.1, -0.05) is 26.8 Å². The first-order valence-corrected chi connectivity index (χ1v) is 9.61. The average Bonchev–Trinajstić information content (AvgIpc) is 2.76. The maximum absolute atomic E-state index is 12.2. The van der Waals surface area contributed by atoms with Crippen molar-refractivity contribution in [3.05, 3.63) is 23.8 Å². The second kappa shape index (κ2) is 6.51. The van der Waals surface area contributed by atoms with E-state index >= 15 is 0 Å². The Balaban J connectivity index is 2.10. The predicted molar refractivity (Wildman–Crippen MR) is 91.7 cm³/mol. The van der Waals surface area contributed by atoms with Crippen LogP contribution in [0.1, 0.15) is 39.2 Å². The first kappa shape index (κ1) is 17.8. The Bertz CT molecular complexity index is 689. The van der Waals surface area contributed by atoms with Crippen LogP contribution in [-0.4, -0.2) is 32.9 Å². The summed E-state index contributed by atoms with van der Waals surface area (Å²) in [6, 6.07) is 5.75. The zero-order valence-corrected chi connectivity index (χ0v) is 15.0. The summed E-state index contributed by atoms with van der Waals surface area (Å²) in [5.74, 6) is 0.645. The highest BCUT2D eigenvalue weighted by Gasteiger charge is 2.29. The number of benzene rings is 1. The van der Waals surface area contributed by atoms with Gasteiger partial charge in [0, 0.05) is 6.42 Å². The first-order valence-electron chi connectivity index (χ1n) is 7.79. The maximum Gasteiger partial charge on any atom is 0.224 e. The maximum atomic E-state index is 12.2. The van der Waals surface area contributed by atoms with Crippen LogP contribution in [0.15, 0.2) is 18.2 Å². The van der Waals surface area contributed by atoms with E-state index < -0.39 is 9.84 Å². The molecule has 2 rings (SSSR count). The lowest BCUT2D eigenvalue weighted by molar-refractivity contribution is -0.116. The molecule has 1 amide bonds. The largest absolute Gasteiger partial charge is 0.495 e.